The lowest BCUT2D eigenvalue weighted by Crippen LogP contribution is -1.97. The average molecular weight is 671 g/mol. The summed E-state index contributed by atoms with van der Waals surface area (Å²) < 4.78 is 11.7. The molecule has 0 aliphatic rings. The molecule has 0 aliphatic carbocycles. The Bertz CT molecular complexity index is 1420. The summed E-state index contributed by atoms with van der Waals surface area (Å²) in [6.07, 6.45) is 26.0. The smallest absolute Gasteiger partial charge is 0.119 e. The van der Waals surface area contributed by atoms with Crippen molar-refractivity contribution in [3.8, 4) is 11.5 Å². The Balaban J connectivity index is 1.08. The molecule has 0 fully saturated rings. The molecule has 0 heterocycles. The number of aliphatic imine (C=N–C) groups is 2. The molecule has 264 valence electrons. The lowest BCUT2D eigenvalue weighted by Gasteiger charge is -2.05. The second-order valence-electron chi connectivity index (χ2n) is 13.1. The topological polar surface area (TPSA) is 43.2 Å². The Morgan fingerprint density at radius 2 is 0.780 bits per heavy atom. The van der Waals surface area contributed by atoms with Gasteiger partial charge in [-0.05, 0) is 133 Å². The molecule has 0 amide bonds. The van der Waals surface area contributed by atoms with Gasteiger partial charge >= 0.3 is 0 Å². The Kier molecular flexibility index (Phi) is 18.3. The van der Waals surface area contributed by atoms with Crippen LogP contribution in [0.15, 0.2) is 119 Å². The molecule has 0 saturated heterocycles. The molecule has 0 aromatic heterocycles. The second kappa shape index (κ2) is 23.8. The van der Waals surface area contributed by atoms with E-state index in [2.05, 4.69) is 72.4 Å². The van der Waals surface area contributed by atoms with Crippen molar-refractivity contribution in [2.75, 3.05) is 13.2 Å². The fourth-order valence-electron chi connectivity index (χ4n) is 5.74. The molecule has 50 heavy (non-hydrogen) atoms. The zero-order valence-corrected chi connectivity index (χ0v) is 30.6. The van der Waals surface area contributed by atoms with E-state index in [4.69, 9.17) is 9.47 Å². The lowest BCUT2D eigenvalue weighted by molar-refractivity contribution is 0.350. The van der Waals surface area contributed by atoms with Crippen molar-refractivity contribution in [1.82, 2.24) is 0 Å². The summed E-state index contributed by atoms with van der Waals surface area (Å²) in [7, 11) is 0. The van der Waals surface area contributed by atoms with Crippen LogP contribution in [0.4, 0.5) is 11.4 Å². The van der Waals surface area contributed by atoms with Gasteiger partial charge in [0.2, 0.25) is 0 Å². The molecule has 4 nitrogen and oxygen atoms in total. The molecule has 0 spiro atoms. The quantitative estimate of drug-likeness (QED) is 0.0423. The van der Waals surface area contributed by atoms with Crippen molar-refractivity contribution in [2.24, 2.45) is 9.98 Å². The van der Waals surface area contributed by atoms with Crippen molar-refractivity contribution in [2.45, 2.75) is 104 Å². The molecular weight excluding hydrogens is 613 g/mol. The number of nitrogens with zero attached hydrogens (tertiary/aromatic N) is 2. The van der Waals surface area contributed by atoms with E-state index in [1.165, 1.54) is 88.2 Å². The van der Waals surface area contributed by atoms with Crippen molar-refractivity contribution in [1.29, 1.82) is 0 Å². The van der Waals surface area contributed by atoms with Crippen molar-refractivity contribution < 1.29 is 9.47 Å². The maximum absolute atomic E-state index is 5.87. The van der Waals surface area contributed by atoms with Crippen LogP contribution in [0.25, 0.3) is 0 Å². The highest BCUT2D eigenvalue weighted by molar-refractivity contribution is 5.82. The van der Waals surface area contributed by atoms with Gasteiger partial charge in [0.15, 0.2) is 0 Å². The molecule has 4 heteroatoms. The Morgan fingerprint density at radius 1 is 0.420 bits per heavy atom. The largest absolute Gasteiger partial charge is 0.490 e. The summed E-state index contributed by atoms with van der Waals surface area (Å²) >= 11 is 0. The van der Waals surface area contributed by atoms with Crippen LogP contribution >= 0.6 is 0 Å². The SMILES string of the molecule is CCCCCCCCc1ccc(N=Cc2ccc(OCC=CCOc3ccc(C=Nc4ccc(CCCCCCCC)cc4)cc3)cc2)cc1. The summed E-state index contributed by atoms with van der Waals surface area (Å²) in [6.45, 7) is 5.50. The van der Waals surface area contributed by atoms with E-state index in [-0.39, 0.29) is 0 Å². The minimum Gasteiger partial charge on any atom is -0.490 e. The normalized spacial score (nSPS) is 11.6. The molecule has 0 aliphatic heterocycles. The predicted molar refractivity (Wildman–Crippen MR) is 215 cm³/mol. The van der Waals surface area contributed by atoms with E-state index >= 15 is 0 Å². The number of hydrogen-bond acceptors (Lipinski definition) is 4. The molecular formula is C46H58N2O2. The summed E-state index contributed by atoms with van der Waals surface area (Å²) in [5, 5.41) is 0. The van der Waals surface area contributed by atoms with Crippen LogP contribution in [-0.4, -0.2) is 25.6 Å². The van der Waals surface area contributed by atoms with Crippen LogP contribution in [0.2, 0.25) is 0 Å². The Labute approximate surface area is 302 Å². The third-order valence-electron chi connectivity index (χ3n) is 8.86. The monoisotopic (exact) mass is 670 g/mol. The summed E-state index contributed by atoms with van der Waals surface area (Å²) in [5.74, 6) is 1.65. The second-order valence-corrected chi connectivity index (χ2v) is 13.1. The predicted octanol–water partition coefficient (Wildman–Crippen LogP) is 13.0. The van der Waals surface area contributed by atoms with Gasteiger partial charge in [-0.3, -0.25) is 9.98 Å². The van der Waals surface area contributed by atoms with Crippen LogP contribution in [0.1, 0.15) is 113 Å². The molecule has 0 N–H and O–H groups in total. The molecule has 4 rings (SSSR count). The van der Waals surface area contributed by atoms with Gasteiger partial charge in [-0.25, -0.2) is 0 Å². The first-order valence-corrected chi connectivity index (χ1v) is 19.1. The highest BCUT2D eigenvalue weighted by Crippen LogP contribution is 2.19. The van der Waals surface area contributed by atoms with Gasteiger partial charge in [-0.15, -0.1) is 0 Å². The van der Waals surface area contributed by atoms with Gasteiger partial charge in [0, 0.05) is 12.4 Å². The zero-order chi connectivity index (χ0) is 34.9. The minimum absolute atomic E-state index is 0.483. The first kappa shape index (κ1) is 38.4. The zero-order valence-electron chi connectivity index (χ0n) is 30.6. The first-order chi connectivity index (χ1) is 24.7. The van der Waals surface area contributed by atoms with Gasteiger partial charge in [0.25, 0.3) is 0 Å². The third-order valence-corrected chi connectivity index (χ3v) is 8.86. The molecule has 0 unspecified atom stereocenters. The van der Waals surface area contributed by atoms with E-state index in [0.29, 0.717) is 13.2 Å². The fourth-order valence-corrected chi connectivity index (χ4v) is 5.74. The number of hydrogen-bond donors (Lipinski definition) is 0. The summed E-state index contributed by atoms with van der Waals surface area (Å²) in [5.41, 5.74) is 6.83. The highest BCUT2D eigenvalue weighted by Gasteiger charge is 1.99. The van der Waals surface area contributed by atoms with Gasteiger partial charge in [0.1, 0.15) is 24.7 Å². The summed E-state index contributed by atoms with van der Waals surface area (Å²) in [4.78, 5) is 9.29. The fraction of sp³-hybridized carbons (Fsp3) is 0.391. The number of ether oxygens (including phenoxy) is 2. The van der Waals surface area contributed by atoms with E-state index < -0.39 is 0 Å². The van der Waals surface area contributed by atoms with Crippen LogP contribution in [-0.2, 0) is 12.8 Å². The van der Waals surface area contributed by atoms with Gasteiger partial charge < -0.3 is 9.47 Å². The van der Waals surface area contributed by atoms with Gasteiger partial charge in [0.05, 0.1) is 11.4 Å². The number of benzene rings is 4. The lowest BCUT2D eigenvalue weighted by atomic mass is 10.0. The van der Waals surface area contributed by atoms with E-state index in [0.717, 1.165) is 46.8 Å². The van der Waals surface area contributed by atoms with E-state index in [1.54, 1.807) is 0 Å². The minimum atomic E-state index is 0.483. The number of unbranched alkanes of at least 4 members (excludes halogenated alkanes) is 10. The maximum Gasteiger partial charge on any atom is 0.119 e. The van der Waals surface area contributed by atoms with Gasteiger partial charge in [-0.1, -0.05) is 102 Å². The Morgan fingerprint density at radius 3 is 1.16 bits per heavy atom. The number of rotatable bonds is 24. The van der Waals surface area contributed by atoms with Crippen LogP contribution < -0.4 is 9.47 Å². The first-order valence-electron chi connectivity index (χ1n) is 19.1. The van der Waals surface area contributed by atoms with E-state index in [1.807, 2.05) is 73.1 Å². The molecule has 0 atom stereocenters. The average Bonchev–Trinajstić information content (AvgIpc) is 3.16. The Hall–Kier alpha value is -4.44. The van der Waals surface area contributed by atoms with Crippen LogP contribution in [0, 0.1) is 0 Å². The van der Waals surface area contributed by atoms with E-state index in [9.17, 15) is 0 Å². The highest BCUT2D eigenvalue weighted by atomic mass is 16.5. The van der Waals surface area contributed by atoms with Crippen molar-refractivity contribution >= 4 is 23.8 Å². The van der Waals surface area contributed by atoms with Crippen LogP contribution in [0.3, 0.4) is 0 Å². The third kappa shape index (κ3) is 15.8. The summed E-state index contributed by atoms with van der Waals surface area (Å²) in [6, 6.07) is 33.3. The maximum atomic E-state index is 5.87. The molecule has 4 aromatic rings. The van der Waals surface area contributed by atoms with Crippen molar-refractivity contribution in [3.05, 3.63) is 131 Å². The molecule has 4 aromatic carbocycles. The molecule has 0 saturated carbocycles. The molecule has 0 radical (unpaired) electrons. The standard InChI is InChI=1S/C46H58N2O2/c1-3-5-7-9-11-13-17-39-19-27-43(28-20-39)47-37-41-23-31-45(32-24-41)49-35-15-16-36-50-46-33-25-42(26-34-46)38-48-44-29-21-40(22-30-44)18-14-12-10-8-6-4-2/h15-16,19-34,37-38H,3-14,17-18,35-36H2,1-2H3. The van der Waals surface area contributed by atoms with Crippen molar-refractivity contribution in [3.63, 3.8) is 0 Å². The number of aryl methyl sites for hydroxylation is 2. The van der Waals surface area contributed by atoms with Crippen LogP contribution in [0.5, 0.6) is 11.5 Å². The van der Waals surface area contributed by atoms with Gasteiger partial charge in [-0.2, -0.15) is 0 Å². The molecule has 0 bridgehead atoms.